The molecule has 9 nitrogen and oxygen atoms in total. The minimum absolute atomic E-state index is 0.0175. The maximum absolute atomic E-state index is 14.2. The van der Waals surface area contributed by atoms with Crippen molar-refractivity contribution < 1.29 is 22.3 Å². The molecule has 4 aromatic rings. The molecule has 0 spiro atoms. The van der Waals surface area contributed by atoms with E-state index < -0.39 is 20.1 Å². The van der Waals surface area contributed by atoms with Gasteiger partial charge in [0.05, 0.1) is 36.4 Å². The Morgan fingerprint density at radius 3 is 2.19 bits per heavy atom. The van der Waals surface area contributed by atoms with Crippen LogP contribution < -0.4 is 24.9 Å². The van der Waals surface area contributed by atoms with Gasteiger partial charge >= 0.3 is 12.2 Å². The molecular formula is C45H54F3N7O2Si. The van der Waals surface area contributed by atoms with E-state index in [1.54, 1.807) is 11.0 Å². The molecule has 3 aromatic carbocycles. The number of anilines is 2. The van der Waals surface area contributed by atoms with Crippen LogP contribution in [0, 0.1) is 11.3 Å². The van der Waals surface area contributed by atoms with E-state index in [4.69, 9.17) is 19.1 Å². The molecular weight excluding hydrogens is 756 g/mol. The van der Waals surface area contributed by atoms with Gasteiger partial charge in [0, 0.05) is 62.6 Å². The predicted octanol–water partition coefficient (Wildman–Crippen LogP) is 6.68. The molecule has 2 fully saturated rings. The predicted molar refractivity (Wildman–Crippen MR) is 225 cm³/mol. The Morgan fingerprint density at radius 2 is 1.55 bits per heavy atom. The van der Waals surface area contributed by atoms with Crippen LogP contribution in [0.15, 0.2) is 97.6 Å². The summed E-state index contributed by atoms with van der Waals surface area (Å²) in [5.41, 5.74) is 1.04. The second kappa shape index (κ2) is 17.2. The summed E-state index contributed by atoms with van der Waals surface area (Å²) >= 11 is 0. The van der Waals surface area contributed by atoms with Crippen molar-refractivity contribution in [2.75, 3.05) is 62.7 Å². The van der Waals surface area contributed by atoms with Crippen molar-refractivity contribution in [3.63, 3.8) is 0 Å². The summed E-state index contributed by atoms with van der Waals surface area (Å²) in [6.07, 6.45) is -1.10. The number of piperazine rings is 1. The molecule has 1 unspecified atom stereocenters. The highest BCUT2D eigenvalue weighted by molar-refractivity contribution is 6.99. The Kier molecular flexibility index (Phi) is 12.3. The van der Waals surface area contributed by atoms with Crippen LogP contribution in [0.3, 0.4) is 0 Å². The third kappa shape index (κ3) is 8.52. The number of hydrogen-bond acceptors (Lipinski definition) is 9. The summed E-state index contributed by atoms with van der Waals surface area (Å²) in [7, 11) is -0.685. The zero-order chi connectivity index (χ0) is 41.1. The van der Waals surface area contributed by atoms with Gasteiger partial charge in [-0.2, -0.15) is 28.4 Å². The van der Waals surface area contributed by atoms with Gasteiger partial charge in [0.25, 0.3) is 8.32 Å². The van der Waals surface area contributed by atoms with Crippen molar-refractivity contribution in [3.8, 4) is 12.1 Å². The fraction of sp³-hybridized carbons (Fsp3) is 0.444. The second-order valence-corrected chi connectivity index (χ2v) is 21.0. The van der Waals surface area contributed by atoms with E-state index in [0.717, 1.165) is 37.0 Å². The molecule has 0 N–H and O–H groups in total. The van der Waals surface area contributed by atoms with Crippen molar-refractivity contribution in [2.45, 2.75) is 76.0 Å². The quantitative estimate of drug-likeness (QED) is 0.115. The molecule has 58 heavy (non-hydrogen) atoms. The summed E-state index contributed by atoms with van der Waals surface area (Å²) in [6.45, 7) is 15.0. The second-order valence-electron chi connectivity index (χ2n) is 16.7. The Hall–Kier alpha value is -4.74. The number of benzene rings is 3. The van der Waals surface area contributed by atoms with Gasteiger partial charge < -0.3 is 19.0 Å². The average molecular weight is 810 g/mol. The number of rotatable bonds is 12. The summed E-state index contributed by atoms with van der Waals surface area (Å²) in [6, 6.07) is 29.6. The van der Waals surface area contributed by atoms with Crippen molar-refractivity contribution >= 4 is 30.2 Å². The highest BCUT2D eigenvalue weighted by Gasteiger charge is 2.52. The third-order valence-corrected chi connectivity index (χ3v) is 17.1. The first-order chi connectivity index (χ1) is 27.8. The highest BCUT2D eigenvalue weighted by Crippen LogP contribution is 2.41. The molecule has 0 amide bonds. The lowest BCUT2D eigenvalue weighted by atomic mass is 10.0. The van der Waals surface area contributed by atoms with Gasteiger partial charge in [-0.15, -0.1) is 6.58 Å². The van der Waals surface area contributed by atoms with Gasteiger partial charge in [-0.25, -0.2) is 0 Å². The minimum atomic E-state index is -4.49. The topological polar surface area (TPSA) is 81.0 Å². The SMILES string of the molecule is C=CCN1CCN(c2nc(OC[C@@H]3C[C@@H](O[Si](c4ccccc4)(c4ccccc4)C(C)(C)C)CN3C)nc3c2CCN(c2ccccc2C(F)(F)F)C3)CC1CC#N. The van der Waals surface area contributed by atoms with Crippen molar-refractivity contribution in [1.82, 2.24) is 19.8 Å². The van der Waals surface area contributed by atoms with Crippen LogP contribution in [0.1, 0.15) is 50.4 Å². The van der Waals surface area contributed by atoms with Crippen molar-refractivity contribution in [3.05, 3.63) is 114 Å². The Labute approximate surface area is 341 Å². The van der Waals surface area contributed by atoms with Crippen molar-refractivity contribution in [2.24, 2.45) is 0 Å². The average Bonchev–Trinajstić information content (AvgIpc) is 3.57. The zero-order valence-corrected chi connectivity index (χ0v) is 35.0. The first kappa shape index (κ1) is 41.4. The fourth-order valence-electron chi connectivity index (χ4n) is 9.12. The molecule has 2 saturated heterocycles. The lowest BCUT2D eigenvalue weighted by Crippen LogP contribution is -2.67. The van der Waals surface area contributed by atoms with E-state index >= 15 is 0 Å². The number of nitrogens with zero attached hydrogens (tertiary/aromatic N) is 7. The van der Waals surface area contributed by atoms with E-state index in [1.807, 2.05) is 18.2 Å². The smallest absolute Gasteiger partial charge is 0.418 e. The molecule has 7 rings (SSSR count). The maximum atomic E-state index is 14.2. The van der Waals surface area contributed by atoms with Gasteiger partial charge in [0.2, 0.25) is 0 Å². The Balaban J connectivity index is 1.16. The molecule has 306 valence electrons. The van der Waals surface area contributed by atoms with Crippen LogP contribution in [-0.4, -0.2) is 99.2 Å². The van der Waals surface area contributed by atoms with Gasteiger partial charge in [-0.05, 0) is 47.4 Å². The molecule has 13 heteroatoms. The number of fused-ring (bicyclic) bond motifs is 1. The zero-order valence-electron chi connectivity index (χ0n) is 34.0. The molecule has 0 radical (unpaired) electrons. The number of nitriles is 1. The number of ether oxygens (including phenoxy) is 1. The third-order valence-electron chi connectivity index (χ3n) is 12.0. The molecule has 0 aliphatic carbocycles. The minimum Gasteiger partial charge on any atom is -0.462 e. The number of likely N-dealkylation sites (N-methyl/N-ethyl adjacent to an activating group) is 1. The molecule has 0 saturated carbocycles. The number of alkyl halides is 3. The number of likely N-dealkylation sites (tertiary alicyclic amines) is 1. The largest absolute Gasteiger partial charge is 0.462 e. The monoisotopic (exact) mass is 809 g/mol. The standard InChI is InChI=1S/C45H54F3N7O2Si/c1-6-24-53-26-27-55(29-33(53)21-23-49)42-38-22-25-54(41-20-14-13-19-39(41)45(46,47)48)31-40(38)50-43(51-42)56-32-34-28-35(30-52(34)5)57-58(44(2,3)4,36-15-9-7-10-16-36)37-17-11-8-12-18-37/h6-20,33-35H,1,21-22,24-32H2,2-5H3/t33?,34-,35+/m0/s1. The maximum Gasteiger partial charge on any atom is 0.418 e. The van der Waals surface area contributed by atoms with Crippen LogP contribution >= 0.6 is 0 Å². The summed E-state index contributed by atoms with van der Waals surface area (Å²) in [5, 5.41) is 12.0. The number of para-hydroxylation sites is 1. The number of hydrogen-bond donors (Lipinski definition) is 0. The lowest BCUT2D eigenvalue weighted by Gasteiger charge is -2.44. The van der Waals surface area contributed by atoms with E-state index in [1.165, 1.54) is 22.5 Å². The fourth-order valence-corrected chi connectivity index (χ4v) is 13.8. The number of aromatic nitrogens is 2. The van der Waals surface area contributed by atoms with Crippen LogP contribution in [0.4, 0.5) is 24.7 Å². The first-order valence-corrected chi connectivity index (χ1v) is 22.1. The molecule has 4 heterocycles. The molecule has 1 aromatic heterocycles. The van der Waals surface area contributed by atoms with Gasteiger partial charge in [0.15, 0.2) is 0 Å². The molecule has 0 bridgehead atoms. The van der Waals surface area contributed by atoms with E-state index in [9.17, 15) is 18.4 Å². The number of halogens is 3. The van der Waals surface area contributed by atoms with E-state index in [2.05, 4.69) is 104 Å². The summed E-state index contributed by atoms with van der Waals surface area (Å²) < 4.78 is 56.5. The summed E-state index contributed by atoms with van der Waals surface area (Å²) in [4.78, 5) is 18.4. The van der Waals surface area contributed by atoms with E-state index in [-0.39, 0.29) is 41.5 Å². The Morgan fingerprint density at radius 1 is 0.879 bits per heavy atom. The molecule has 3 aliphatic heterocycles. The normalized spacial score (nSPS) is 20.8. The lowest BCUT2D eigenvalue weighted by molar-refractivity contribution is -0.137. The van der Waals surface area contributed by atoms with E-state index in [0.29, 0.717) is 51.3 Å². The molecule has 3 aliphatic rings. The Bertz CT molecular complexity index is 2040. The van der Waals surface area contributed by atoms with Crippen LogP contribution in [0.5, 0.6) is 6.01 Å². The highest BCUT2D eigenvalue weighted by atomic mass is 28.4. The van der Waals surface area contributed by atoms with Crippen molar-refractivity contribution in [1.29, 1.82) is 5.26 Å². The van der Waals surface area contributed by atoms with Crippen LogP contribution in [0.2, 0.25) is 5.04 Å². The first-order valence-electron chi connectivity index (χ1n) is 20.2. The van der Waals surface area contributed by atoms with Gasteiger partial charge in [-0.3, -0.25) is 9.80 Å². The molecule has 3 atom stereocenters. The summed E-state index contributed by atoms with van der Waals surface area (Å²) in [5.74, 6) is 0.734. The van der Waals surface area contributed by atoms with Gasteiger partial charge in [0.1, 0.15) is 12.4 Å². The van der Waals surface area contributed by atoms with Crippen LogP contribution in [-0.2, 0) is 23.6 Å². The van der Waals surface area contributed by atoms with Gasteiger partial charge in [-0.1, -0.05) is 99.6 Å². The van der Waals surface area contributed by atoms with Crippen LogP contribution in [0.25, 0.3) is 0 Å².